The number of nitrogens with one attached hydrogen (secondary N) is 3. The third-order valence-corrected chi connectivity index (χ3v) is 5.17. The van der Waals surface area contributed by atoms with Crippen LogP contribution in [0, 0.1) is 0 Å². The van der Waals surface area contributed by atoms with Gasteiger partial charge in [0.2, 0.25) is 10.0 Å². The number of hydrogen-bond acceptors (Lipinski definition) is 5. The van der Waals surface area contributed by atoms with Gasteiger partial charge >= 0.3 is 0 Å². The van der Waals surface area contributed by atoms with E-state index in [1.807, 2.05) is 0 Å². The van der Waals surface area contributed by atoms with Crippen LogP contribution in [0.25, 0.3) is 0 Å². The first-order valence-electron chi connectivity index (χ1n) is 8.17. The Hall–Kier alpha value is -1.35. The average molecular weight is 392 g/mol. The van der Waals surface area contributed by atoms with Crippen LogP contribution in [0.4, 0.5) is 0 Å². The maximum atomic E-state index is 12.4. The molecule has 1 aliphatic rings. The van der Waals surface area contributed by atoms with Crippen LogP contribution in [-0.2, 0) is 10.0 Å². The molecule has 9 heteroatoms. The summed E-state index contributed by atoms with van der Waals surface area (Å²) in [7, 11) is -2.29. The Morgan fingerprint density at radius 2 is 1.96 bits per heavy atom. The molecule has 0 bridgehead atoms. The molecule has 1 saturated carbocycles. The third kappa shape index (κ3) is 6.47. The molecule has 2 rings (SSSR count). The third-order valence-electron chi connectivity index (χ3n) is 3.63. The second-order valence-corrected chi connectivity index (χ2v) is 7.45. The summed E-state index contributed by atoms with van der Waals surface area (Å²) in [5, 5.41) is 5.95. The van der Waals surface area contributed by atoms with E-state index in [0.29, 0.717) is 18.7 Å². The van der Waals surface area contributed by atoms with Crippen LogP contribution in [0.1, 0.15) is 36.5 Å². The van der Waals surface area contributed by atoms with E-state index in [2.05, 4.69) is 22.3 Å². The van der Waals surface area contributed by atoms with E-state index in [9.17, 15) is 13.2 Å². The van der Waals surface area contributed by atoms with Crippen LogP contribution in [0.3, 0.4) is 0 Å². The number of amides is 1. The van der Waals surface area contributed by atoms with Crippen molar-refractivity contribution in [2.75, 3.05) is 26.7 Å². The first-order chi connectivity index (χ1) is 11.5. The molecule has 1 aromatic carbocycles. The Bertz CT molecular complexity index is 678. The average Bonchev–Trinajstić information content (AvgIpc) is 3.37. The predicted octanol–water partition coefficient (Wildman–Crippen LogP) is 1.29. The van der Waals surface area contributed by atoms with E-state index in [1.165, 1.54) is 19.2 Å². The quantitative estimate of drug-likeness (QED) is 0.522. The standard InChI is InChI=1S/C16H25N3O4S.ClH/c1-3-8-17-9-10-18-16(20)12-4-7-14(23-2)15(11-12)24(21,22)19-13-5-6-13;/h4,7,11,13,17,19H,3,5-6,8-10H2,1-2H3,(H,18,20);1H. The summed E-state index contributed by atoms with van der Waals surface area (Å²) in [4.78, 5) is 12.2. The lowest BCUT2D eigenvalue weighted by Gasteiger charge is -2.12. The molecule has 0 heterocycles. The molecule has 0 radical (unpaired) electrons. The summed E-state index contributed by atoms with van der Waals surface area (Å²) in [5.41, 5.74) is 0.294. The van der Waals surface area contributed by atoms with E-state index < -0.39 is 10.0 Å². The topological polar surface area (TPSA) is 96.5 Å². The highest BCUT2D eigenvalue weighted by atomic mass is 35.5. The van der Waals surface area contributed by atoms with Crippen LogP contribution in [-0.4, -0.2) is 47.1 Å². The second-order valence-electron chi connectivity index (χ2n) is 5.77. The van der Waals surface area contributed by atoms with Gasteiger partial charge in [0.05, 0.1) is 7.11 Å². The molecule has 7 nitrogen and oxygen atoms in total. The smallest absolute Gasteiger partial charge is 0.251 e. The summed E-state index contributed by atoms with van der Waals surface area (Å²) >= 11 is 0. The molecule has 0 aromatic heterocycles. The lowest BCUT2D eigenvalue weighted by Crippen LogP contribution is -2.32. The zero-order valence-electron chi connectivity index (χ0n) is 14.5. The fourth-order valence-corrected chi connectivity index (χ4v) is 3.68. The number of methoxy groups -OCH3 is 1. The van der Waals surface area contributed by atoms with Gasteiger partial charge in [0.25, 0.3) is 5.91 Å². The molecule has 1 aromatic rings. The number of carbonyl (C=O) groups is 1. The van der Waals surface area contributed by atoms with E-state index in [1.54, 1.807) is 6.07 Å². The predicted molar refractivity (Wildman–Crippen MR) is 99.1 cm³/mol. The van der Waals surface area contributed by atoms with E-state index >= 15 is 0 Å². The minimum Gasteiger partial charge on any atom is -0.495 e. The monoisotopic (exact) mass is 391 g/mol. The number of sulfonamides is 1. The van der Waals surface area contributed by atoms with Crippen molar-refractivity contribution < 1.29 is 17.9 Å². The molecule has 1 amide bonds. The summed E-state index contributed by atoms with van der Waals surface area (Å²) in [5.74, 6) is -0.0804. The van der Waals surface area contributed by atoms with Gasteiger partial charge in [0.15, 0.2) is 0 Å². The molecule has 1 aliphatic carbocycles. The van der Waals surface area contributed by atoms with Crippen LogP contribution < -0.4 is 20.1 Å². The Kier molecular flexibility index (Phi) is 8.64. The summed E-state index contributed by atoms with van der Waals surface area (Å²) < 4.78 is 32.6. The van der Waals surface area contributed by atoms with Crippen molar-refractivity contribution in [3.05, 3.63) is 23.8 Å². The van der Waals surface area contributed by atoms with Gasteiger partial charge in [0, 0.05) is 24.7 Å². The van der Waals surface area contributed by atoms with Crippen molar-refractivity contribution in [3.63, 3.8) is 0 Å². The van der Waals surface area contributed by atoms with Gasteiger partial charge in [0.1, 0.15) is 10.6 Å². The largest absolute Gasteiger partial charge is 0.495 e. The molecule has 142 valence electrons. The molecule has 1 fully saturated rings. The first kappa shape index (κ1) is 21.7. The second kappa shape index (κ2) is 9.96. The van der Waals surface area contributed by atoms with Crippen LogP contribution in [0.5, 0.6) is 5.75 Å². The normalized spacial score (nSPS) is 13.8. The lowest BCUT2D eigenvalue weighted by atomic mass is 10.2. The van der Waals surface area contributed by atoms with Gasteiger partial charge in [-0.3, -0.25) is 4.79 Å². The molecular formula is C16H26ClN3O4S. The van der Waals surface area contributed by atoms with Crippen LogP contribution in [0.2, 0.25) is 0 Å². The Morgan fingerprint density at radius 3 is 2.56 bits per heavy atom. The van der Waals surface area contributed by atoms with Gasteiger partial charge in [-0.1, -0.05) is 6.92 Å². The molecule has 0 unspecified atom stereocenters. The summed E-state index contributed by atoms with van der Waals surface area (Å²) in [6, 6.07) is 4.41. The fourth-order valence-electron chi connectivity index (χ4n) is 2.18. The van der Waals surface area contributed by atoms with Crippen LogP contribution in [0.15, 0.2) is 23.1 Å². The number of benzene rings is 1. The van der Waals surface area contributed by atoms with Gasteiger partial charge in [-0.05, 0) is 44.0 Å². The molecule has 0 atom stereocenters. The highest BCUT2D eigenvalue weighted by Gasteiger charge is 2.30. The molecule has 0 saturated heterocycles. The van der Waals surface area contributed by atoms with Crippen molar-refractivity contribution in [2.45, 2.75) is 37.1 Å². The number of carbonyl (C=O) groups excluding carboxylic acids is 1. The number of rotatable bonds is 10. The van der Waals surface area contributed by atoms with E-state index in [-0.39, 0.29) is 35.0 Å². The number of ether oxygens (including phenoxy) is 1. The Labute approximate surface area is 155 Å². The molecular weight excluding hydrogens is 366 g/mol. The maximum absolute atomic E-state index is 12.4. The number of halogens is 1. The highest BCUT2D eigenvalue weighted by molar-refractivity contribution is 7.89. The summed E-state index contributed by atoms with van der Waals surface area (Å²) in [6.45, 7) is 4.12. The van der Waals surface area contributed by atoms with Gasteiger partial charge in [-0.25, -0.2) is 13.1 Å². The first-order valence-corrected chi connectivity index (χ1v) is 9.65. The van der Waals surface area contributed by atoms with Gasteiger partial charge < -0.3 is 15.4 Å². The molecule has 3 N–H and O–H groups in total. The van der Waals surface area contributed by atoms with Crippen LogP contribution >= 0.6 is 12.4 Å². The van der Waals surface area contributed by atoms with Gasteiger partial charge in [-0.15, -0.1) is 12.4 Å². The fraction of sp³-hybridized carbons (Fsp3) is 0.562. The van der Waals surface area contributed by atoms with Gasteiger partial charge in [-0.2, -0.15) is 0 Å². The minimum absolute atomic E-state index is 0. The number of hydrogen-bond donors (Lipinski definition) is 3. The minimum atomic E-state index is -3.70. The molecule has 0 aliphatic heterocycles. The molecule has 0 spiro atoms. The Morgan fingerprint density at radius 1 is 1.24 bits per heavy atom. The van der Waals surface area contributed by atoms with E-state index in [4.69, 9.17) is 4.74 Å². The maximum Gasteiger partial charge on any atom is 0.251 e. The highest BCUT2D eigenvalue weighted by Crippen LogP contribution is 2.28. The molecule has 25 heavy (non-hydrogen) atoms. The summed E-state index contributed by atoms with van der Waals surface area (Å²) in [6.07, 6.45) is 2.71. The SMILES string of the molecule is CCCNCCNC(=O)c1ccc(OC)c(S(=O)(=O)NC2CC2)c1.Cl. The zero-order valence-corrected chi connectivity index (χ0v) is 16.1. The van der Waals surface area contributed by atoms with Crippen molar-refractivity contribution in [1.82, 2.24) is 15.4 Å². The van der Waals surface area contributed by atoms with E-state index in [0.717, 1.165) is 25.8 Å². The van der Waals surface area contributed by atoms with Crippen molar-refractivity contribution >= 4 is 28.3 Å². The van der Waals surface area contributed by atoms with Crippen molar-refractivity contribution in [3.8, 4) is 5.75 Å². The zero-order chi connectivity index (χ0) is 17.6. The van der Waals surface area contributed by atoms with Crippen molar-refractivity contribution in [2.24, 2.45) is 0 Å². The van der Waals surface area contributed by atoms with Crippen molar-refractivity contribution in [1.29, 1.82) is 0 Å². The lowest BCUT2D eigenvalue weighted by molar-refractivity contribution is 0.0953. The Balaban J connectivity index is 0.00000312.